The van der Waals surface area contributed by atoms with E-state index in [9.17, 15) is 13.2 Å². The van der Waals surface area contributed by atoms with Gasteiger partial charge in [0, 0.05) is 31.1 Å². The highest BCUT2D eigenvalue weighted by molar-refractivity contribution is 7.99. The second-order valence-electron chi connectivity index (χ2n) is 7.16. The van der Waals surface area contributed by atoms with E-state index in [-0.39, 0.29) is 17.4 Å². The van der Waals surface area contributed by atoms with Crippen molar-refractivity contribution in [1.82, 2.24) is 24.4 Å². The van der Waals surface area contributed by atoms with Crippen molar-refractivity contribution in [2.24, 2.45) is 0 Å². The van der Waals surface area contributed by atoms with Gasteiger partial charge in [-0.1, -0.05) is 48.2 Å². The fourth-order valence-electron chi connectivity index (χ4n) is 3.25. The number of sulfonamides is 1. The molecule has 4 rings (SSSR count). The molecule has 8 nitrogen and oxygen atoms in total. The highest BCUT2D eigenvalue weighted by Gasteiger charge is 2.29. The molecule has 1 amide bonds. The third-order valence-electron chi connectivity index (χ3n) is 4.93. The van der Waals surface area contributed by atoms with Crippen molar-refractivity contribution in [1.29, 1.82) is 0 Å². The Kier molecular flexibility index (Phi) is 7.40. The maximum absolute atomic E-state index is 12.7. The summed E-state index contributed by atoms with van der Waals surface area (Å²) in [6.45, 7) is 1.39. The van der Waals surface area contributed by atoms with Crippen LogP contribution in [0, 0.1) is 0 Å². The summed E-state index contributed by atoms with van der Waals surface area (Å²) in [7, 11) is -3.40. The summed E-state index contributed by atoms with van der Waals surface area (Å²) in [4.78, 5) is 19.8. The van der Waals surface area contributed by atoms with Gasteiger partial charge in [0.05, 0.1) is 11.5 Å². The molecule has 3 heterocycles. The van der Waals surface area contributed by atoms with Crippen LogP contribution in [0.5, 0.6) is 0 Å². The van der Waals surface area contributed by atoms with Crippen LogP contribution in [-0.4, -0.2) is 70.6 Å². The van der Waals surface area contributed by atoms with E-state index >= 15 is 0 Å². The zero-order valence-corrected chi connectivity index (χ0v) is 19.7. The molecular formula is C21H23N5O3S3. The van der Waals surface area contributed by atoms with E-state index in [1.165, 1.54) is 16.1 Å². The second kappa shape index (κ2) is 10.4. The molecule has 2 aromatic heterocycles. The number of nitrogens with zero attached hydrogens (tertiary/aromatic N) is 4. The number of aromatic amines is 1. The van der Waals surface area contributed by atoms with Gasteiger partial charge in [0.1, 0.15) is 5.82 Å². The number of rotatable bonds is 8. The van der Waals surface area contributed by atoms with Gasteiger partial charge in [-0.25, -0.2) is 13.4 Å². The number of aromatic nitrogens is 3. The summed E-state index contributed by atoms with van der Waals surface area (Å²) >= 11 is 2.90. The first-order valence-electron chi connectivity index (χ1n) is 10.1. The maximum Gasteiger partial charge on any atom is 0.233 e. The number of hydrogen-bond donors (Lipinski definition) is 1. The Labute approximate surface area is 195 Å². The lowest BCUT2D eigenvalue weighted by molar-refractivity contribution is -0.129. The lowest BCUT2D eigenvalue weighted by Crippen LogP contribution is -2.51. The molecule has 1 aliphatic heterocycles. The minimum Gasteiger partial charge on any atom is -0.339 e. The SMILES string of the molecule is O=C(CSc1n[nH]c(/C=C/c2cccs2)n1)N1CCN(S(=O)(=O)Cc2ccccc2)CC1. The Bertz CT molecular complexity index is 1150. The number of piperazine rings is 1. The van der Waals surface area contributed by atoms with Crippen molar-refractivity contribution in [2.45, 2.75) is 10.9 Å². The first-order chi connectivity index (χ1) is 15.5. The molecule has 11 heteroatoms. The van der Waals surface area contributed by atoms with Gasteiger partial charge in [0.15, 0.2) is 0 Å². The normalized spacial score (nSPS) is 15.4. The Balaban J connectivity index is 1.23. The first kappa shape index (κ1) is 22.7. The molecule has 0 radical (unpaired) electrons. The number of carbonyl (C=O) groups is 1. The van der Waals surface area contributed by atoms with Gasteiger partial charge in [-0.05, 0) is 29.2 Å². The molecule has 1 aliphatic rings. The third-order valence-corrected chi connectivity index (χ3v) is 8.45. The largest absolute Gasteiger partial charge is 0.339 e. The van der Waals surface area contributed by atoms with E-state index in [1.807, 2.05) is 47.9 Å². The second-order valence-corrected chi connectivity index (χ2v) is 11.1. The van der Waals surface area contributed by atoms with Crippen molar-refractivity contribution in [3.63, 3.8) is 0 Å². The Morgan fingerprint density at radius 1 is 1.09 bits per heavy atom. The first-order valence-corrected chi connectivity index (χ1v) is 13.5. The smallest absolute Gasteiger partial charge is 0.233 e. The summed E-state index contributed by atoms with van der Waals surface area (Å²) in [5.41, 5.74) is 0.763. The molecule has 0 atom stereocenters. The van der Waals surface area contributed by atoms with Crippen LogP contribution in [0.4, 0.5) is 0 Å². The van der Waals surface area contributed by atoms with Gasteiger partial charge in [0.25, 0.3) is 0 Å². The van der Waals surface area contributed by atoms with Gasteiger partial charge in [0.2, 0.25) is 21.1 Å². The van der Waals surface area contributed by atoms with Crippen LogP contribution in [0.15, 0.2) is 53.0 Å². The topological polar surface area (TPSA) is 99.3 Å². The fourth-order valence-corrected chi connectivity index (χ4v) is 6.10. The molecule has 0 spiro atoms. The lowest BCUT2D eigenvalue weighted by atomic mass is 10.2. The number of thiophene rings is 1. The summed E-state index contributed by atoms with van der Waals surface area (Å²) in [5, 5.41) is 9.50. The zero-order chi connectivity index (χ0) is 22.4. The lowest BCUT2D eigenvalue weighted by Gasteiger charge is -2.34. The standard InChI is InChI=1S/C21H23N5O3S3/c27-20(15-31-21-22-19(23-24-21)9-8-18-7-4-14-30-18)25-10-12-26(13-11-25)32(28,29)16-17-5-2-1-3-6-17/h1-9,14H,10-13,15-16H2,(H,22,23,24)/b9-8+. The monoisotopic (exact) mass is 489 g/mol. The summed E-state index contributed by atoms with van der Waals surface area (Å²) < 4.78 is 26.8. The number of thioether (sulfide) groups is 1. The number of carbonyl (C=O) groups excluding carboxylic acids is 1. The zero-order valence-electron chi connectivity index (χ0n) is 17.3. The van der Waals surface area contributed by atoms with Gasteiger partial charge < -0.3 is 4.90 Å². The molecule has 0 unspecified atom stereocenters. The molecule has 1 saturated heterocycles. The van der Waals surface area contributed by atoms with E-state index in [0.717, 1.165) is 10.4 Å². The molecular weight excluding hydrogens is 466 g/mol. The van der Waals surface area contributed by atoms with Crippen molar-refractivity contribution in [2.75, 3.05) is 31.9 Å². The number of benzene rings is 1. The summed E-state index contributed by atoms with van der Waals surface area (Å²) in [5.74, 6) is 0.773. The predicted molar refractivity (Wildman–Crippen MR) is 128 cm³/mol. The van der Waals surface area contributed by atoms with Gasteiger partial charge in [-0.3, -0.25) is 9.89 Å². The van der Waals surface area contributed by atoms with Gasteiger partial charge in [-0.15, -0.1) is 16.4 Å². The minimum absolute atomic E-state index is 0.0221. The van der Waals surface area contributed by atoms with Crippen LogP contribution in [0.2, 0.25) is 0 Å². The van der Waals surface area contributed by atoms with Crippen molar-refractivity contribution in [3.05, 3.63) is 64.1 Å². The summed E-state index contributed by atoms with van der Waals surface area (Å²) in [6.07, 6.45) is 3.80. The molecule has 0 saturated carbocycles. The van der Waals surface area contributed by atoms with Crippen LogP contribution in [-0.2, 0) is 20.6 Å². The maximum atomic E-state index is 12.7. The highest BCUT2D eigenvalue weighted by atomic mass is 32.2. The average molecular weight is 490 g/mol. The minimum atomic E-state index is -3.40. The van der Waals surface area contributed by atoms with Crippen LogP contribution in [0.25, 0.3) is 12.2 Å². The molecule has 32 heavy (non-hydrogen) atoms. The third kappa shape index (κ3) is 6.06. The van der Waals surface area contributed by atoms with Crippen molar-refractivity contribution >= 4 is 51.2 Å². The van der Waals surface area contributed by atoms with Crippen LogP contribution < -0.4 is 0 Å². The van der Waals surface area contributed by atoms with E-state index < -0.39 is 10.0 Å². The average Bonchev–Trinajstić information content (AvgIpc) is 3.48. The molecule has 1 aromatic carbocycles. The number of H-pyrrole nitrogens is 1. The predicted octanol–water partition coefficient (Wildman–Crippen LogP) is 2.80. The number of hydrogen-bond acceptors (Lipinski definition) is 7. The fraction of sp³-hybridized carbons (Fsp3) is 0.286. The highest BCUT2D eigenvalue weighted by Crippen LogP contribution is 2.18. The van der Waals surface area contributed by atoms with Crippen LogP contribution in [0.1, 0.15) is 16.3 Å². The Morgan fingerprint density at radius 3 is 2.59 bits per heavy atom. The van der Waals surface area contributed by atoms with Crippen LogP contribution >= 0.6 is 23.1 Å². The molecule has 3 aromatic rings. The van der Waals surface area contributed by atoms with Gasteiger partial charge >= 0.3 is 0 Å². The summed E-state index contributed by atoms with van der Waals surface area (Å²) in [6, 6.07) is 13.1. The van der Waals surface area contributed by atoms with E-state index in [0.29, 0.717) is 37.2 Å². The van der Waals surface area contributed by atoms with Gasteiger partial charge in [-0.2, -0.15) is 4.31 Å². The van der Waals surface area contributed by atoms with E-state index in [2.05, 4.69) is 15.2 Å². The van der Waals surface area contributed by atoms with Crippen molar-refractivity contribution < 1.29 is 13.2 Å². The van der Waals surface area contributed by atoms with E-state index in [4.69, 9.17) is 0 Å². The molecule has 0 bridgehead atoms. The molecule has 0 aliphatic carbocycles. The molecule has 168 valence electrons. The molecule has 1 N–H and O–H groups in total. The molecule has 1 fully saturated rings. The van der Waals surface area contributed by atoms with Crippen LogP contribution in [0.3, 0.4) is 0 Å². The number of amides is 1. The van der Waals surface area contributed by atoms with Crippen molar-refractivity contribution in [3.8, 4) is 0 Å². The Morgan fingerprint density at radius 2 is 1.88 bits per heavy atom. The number of nitrogens with one attached hydrogen (secondary N) is 1. The Hall–Kier alpha value is -2.47. The quantitative estimate of drug-likeness (QED) is 0.489. The van der Waals surface area contributed by atoms with E-state index in [1.54, 1.807) is 28.4 Å².